The zero-order valence-corrected chi connectivity index (χ0v) is 9.12. The van der Waals surface area contributed by atoms with Gasteiger partial charge in [-0.15, -0.1) is 23.5 Å². The first-order chi connectivity index (χ1) is 4.86. The van der Waals surface area contributed by atoms with Gasteiger partial charge in [0.25, 0.3) is 0 Å². The monoisotopic (exact) mass is 212 g/mol. The zero-order chi connectivity index (χ0) is 7.40. The quantitative estimate of drug-likeness (QED) is 0.675. The van der Waals surface area contributed by atoms with Crippen LogP contribution in [0.2, 0.25) is 0 Å². The SMILES string of the molecule is SCC1CCSC(CS)S1. The molecule has 4 heteroatoms. The molecule has 60 valence electrons. The molecule has 0 aromatic heterocycles. The molecule has 0 bridgehead atoms. The minimum absolute atomic E-state index is 0.717. The van der Waals surface area contributed by atoms with Crippen LogP contribution in [-0.4, -0.2) is 27.1 Å². The number of hydrogen-bond acceptors (Lipinski definition) is 4. The van der Waals surface area contributed by atoms with E-state index in [-0.39, 0.29) is 0 Å². The topological polar surface area (TPSA) is 0 Å². The van der Waals surface area contributed by atoms with Crippen LogP contribution in [-0.2, 0) is 0 Å². The summed E-state index contributed by atoms with van der Waals surface area (Å²) in [7, 11) is 0. The zero-order valence-electron chi connectivity index (χ0n) is 5.69. The molecule has 0 amide bonds. The van der Waals surface area contributed by atoms with Crippen molar-refractivity contribution in [1.82, 2.24) is 0 Å². The normalized spacial score (nSPS) is 34.2. The van der Waals surface area contributed by atoms with E-state index in [2.05, 4.69) is 25.3 Å². The molecule has 2 atom stereocenters. The molecule has 0 aromatic carbocycles. The molecule has 0 nitrogen and oxygen atoms in total. The van der Waals surface area contributed by atoms with Crippen LogP contribution in [0.15, 0.2) is 0 Å². The van der Waals surface area contributed by atoms with E-state index in [0.717, 1.165) is 16.8 Å². The molecule has 2 unspecified atom stereocenters. The maximum atomic E-state index is 4.29. The van der Waals surface area contributed by atoms with Gasteiger partial charge >= 0.3 is 0 Å². The summed E-state index contributed by atoms with van der Waals surface area (Å²) in [5.41, 5.74) is 0. The third kappa shape index (κ3) is 2.80. The van der Waals surface area contributed by atoms with E-state index >= 15 is 0 Å². The summed E-state index contributed by atoms with van der Waals surface area (Å²) in [6.07, 6.45) is 1.32. The lowest BCUT2D eigenvalue weighted by Crippen LogP contribution is -2.18. The summed E-state index contributed by atoms with van der Waals surface area (Å²) in [5.74, 6) is 3.32. The van der Waals surface area contributed by atoms with Gasteiger partial charge in [-0.05, 0) is 12.2 Å². The standard InChI is InChI=1S/C6H12S4/c7-3-5-1-2-9-6(4-8)10-5/h5-8H,1-4H2. The number of thioether (sulfide) groups is 2. The van der Waals surface area contributed by atoms with E-state index in [4.69, 9.17) is 0 Å². The Morgan fingerprint density at radius 2 is 2.10 bits per heavy atom. The van der Waals surface area contributed by atoms with Gasteiger partial charge in [-0.3, -0.25) is 0 Å². The Morgan fingerprint density at radius 3 is 2.70 bits per heavy atom. The molecule has 1 saturated heterocycles. The smallest absolute Gasteiger partial charge is 0.0593 e. The largest absolute Gasteiger partial charge is 0.178 e. The highest BCUT2D eigenvalue weighted by molar-refractivity contribution is 8.18. The second-order valence-electron chi connectivity index (χ2n) is 2.21. The lowest BCUT2D eigenvalue weighted by molar-refractivity contribution is 0.918. The third-order valence-corrected chi connectivity index (χ3v) is 6.00. The molecule has 1 rings (SSSR count). The summed E-state index contributed by atoms with van der Waals surface area (Å²) in [5, 5.41) is 0.779. The van der Waals surface area contributed by atoms with Crippen molar-refractivity contribution in [1.29, 1.82) is 0 Å². The number of hydrogen-bond donors (Lipinski definition) is 2. The molecule has 0 saturated carbocycles. The van der Waals surface area contributed by atoms with E-state index in [1.54, 1.807) is 0 Å². The molecule has 0 N–H and O–H groups in total. The second kappa shape index (κ2) is 5.12. The van der Waals surface area contributed by atoms with Gasteiger partial charge in [0.05, 0.1) is 4.58 Å². The van der Waals surface area contributed by atoms with Gasteiger partial charge in [-0.1, -0.05) is 0 Å². The second-order valence-corrected chi connectivity index (χ2v) is 6.06. The van der Waals surface area contributed by atoms with Gasteiger partial charge < -0.3 is 0 Å². The minimum atomic E-state index is 0.717. The van der Waals surface area contributed by atoms with Crippen LogP contribution >= 0.6 is 48.8 Å². The fourth-order valence-corrected chi connectivity index (χ4v) is 4.77. The van der Waals surface area contributed by atoms with Gasteiger partial charge in [0, 0.05) is 16.8 Å². The number of thiol groups is 2. The molecule has 0 spiro atoms. The van der Waals surface area contributed by atoms with Crippen molar-refractivity contribution in [3.63, 3.8) is 0 Å². The van der Waals surface area contributed by atoms with E-state index in [1.807, 2.05) is 23.5 Å². The molecule has 0 aliphatic carbocycles. The summed E-state index contributed by atoms with van der Waals surface area (Å²) in [6.45, 7) is 0. The van der Waals surface area contributed by atoms with E-state index in [0.29, 0.717) is 4.58 Å². The fraction of sp³-hybridized carbons (Fsp3) is 1.00. The number of rotatable bonds is 2. The van der Waals surface area contributed by atoms with Crippen molar-refractivity contribution < 1.29 is 0 Å². The highest BCUT2D eigenvalue weighted by atomic mass is 32.2. The molecule has 10 heavy (non-hydrogen) atoms. The average molecular weight is 212 g/mol. The molecule has 1 aliphatic heterocycles. The summed E-state index contributed by atoms with van der Waals surface area (Å²) in [6, 6.07) is 0. The van der Waals surface area contributed by atoms with E-state index in [1.165, 1.54) is 12.2 Å². The molecule has 0 radical (unpaired) electrons. The van der Waals surface area contributed by atoms with E-state index in [9.17, 15) is 0 Å². The summed E-state index contributed by atoms with van der Waals surface area (Å²) in [4.78, 5) is 0. The average Bonchev–Trinajstić information content (AvgIpc) is 2.05. The Balaban J connectivity index is 2.25. The Kier molecular flexibility index (Phi) is 4.86. The molecule has 1 aliphatic rings. The van der Waals surface area contributed by atoms with Crippen LogP contribution < -0.4 is 0 Å². The van der Waals surface area contributed by atoms with Crippen molar-refractivity contribution >= 4 is 48.8 Å². The molecule has 0 aromatic rings. The molecular weight excluding hydrogens is 200 g/mol. The lowest BCUT2D eigenvalue weighted by atomic mass is 10.4. The predicted octanol–water partition coefficient (Wildman–Crippen LogP) is 2.41. The molecular formula is C6H12S4. The first-order valence-electron chi connectivity index (χ1n) is 3.35. The van der Waals surface area contributed by atoms with Crippen LogP contribution in [0.25, 0.3) is 0 Å². The Bertz CT molecular complexity index is 85.7. The highest BCUT2D eigenvalue weighted by Gasteiger charge is 2.20. The Hall–Kier alpha value is 1.40. The minimum Gasteiger partial charge on any atom is -0.178 e. The van der Waals surface area contributed by atoms with Crippen LogP contribution in [0.4, 0.5) is 0 Å². The molecule has 1 fully saturated rings. The van der Waals surface area contributed by atoms with Crippen molar-refractivity contribution in [2.45, 2.75) is 16.3 Å². The van der Waals surface area contributed by atoms with Crippen LogP contribution in [0.3, 0.4) is 0 Å². The van der Waals surface area contributed by atoms with Crippen molar-refractivity contribution in [2.75, 3.05) is 17.3 Å². The first kappa shape index (κ1) is 9.49. The fourth-order valence-electron chi connectivity index (χ4n) is 0.883. The van der Waals surface area contributed by atoms with E-state index < -0.39 is 0 Å². The van der Waals surface area contributed by atoms with Gasteiger partial charge in [0.15, 0.2) is 0 Å². The van der Waals surface area contributed by atoms with Crippen LogP contribution in [0.5, 0.6) is 0 Å². The highest BCUT2D eigenvalue weighted by Crippen LogP contribution is 2.36. The maximum Gasteiger partial charge on any atom is 0.0593 e. The summed E-state index contributed by atoms with van der Waals surface area (Å²) >= 11 is 12.6. The maximum absolute atomic E-state index is 4.29. The lowest BCUT2D eigenvalue weighted by Gasteiger charge is -2.25. The Labute approximate surface area is 82.1 Å². The van der Waals surface area contributed by atoms with Crippen molar-refractivity contribution in [3.8, 4) is 0 Å². The van der Waals surface area contributed by atoms with Gasteiger partial charge in [0.2, 0.25) is 0 Å². The Morgan fingerprint density at radius 1 is 1.30 bits per heavy atom. The van der Waals surface area contributed by atoms with Crippen molar-refractivity contribution in [3.05, 3.63) is 0 Å². The van der Waals surface area contributed by atoms with Gasteiger partial charge in [-0.25, -0.2) is 0 Å². The first-order valence-corrected chi connectivity index (χ1v) is 6.61. The van der Waals surface area contributed by atoms with Crippen LogP contribution in [0, 0.1) is 0 Å². The van der Waals surface area contributed by atoms with Crippen LogP contribution in [0.1, 0.15) is 6.42 Å². The summed E-state index contributed by atoms with van der Waals surface area (Å²) < 4.78 is 0.717. The third-order valence-electron chi connectivity index (χ3n) is 1.44. The van der Waals surface area contributed by atoms with Gasteiger partial charge in [0.1, 0.15) is 0 Å². The predicted molar refractivity (Wildman–Crippen MR) is 59.9 cm³/mol. The van der Waals surface area contributed by atoms with Gasteiger partial charge in [-0.2, -0.15) is 25.3 Å². The molecule has 1 heterocycles. The van der Waals surface area contributed by atoms with Crippen molar-refractivity contribution in [2.24, 2.45) is 0 Å².